The number of ether oxygens (including phenoxy) is 1. The zero-order chi connectivity index (χ0) is 11.1. The minimum absolute atomic E-state index is 0.230. The van der Waals surface area contributed by atoms with Gasteiger partial charge < -0.3 is 10.1 Å². The lowest BCUT2D eigenvalue weighted by Gasteiger charge is -2.10. The first-order valence-electron chi connectivity index (χ1n) is 5.28. The third kappa shape index (κ3) is 4.79. The first-order valence-corrected chi connectivity index (χ1v) is 5.28. The normalized spacial score (nSPS) is 12.5. The van der Waals surface area contributed by atoms with Crippen molar-refractivity contribution >= 4 is 0 Å². The predicted molar refractivity (Wildman–Crippen MR) is 59.7 cm³/mol. The Balaban J connectivity index is 2.17. The van der Waals surface area contributed by atoms with Crippen LogP contribution >= 0.6 is 0 Å². The summed E-state index contributed by atoms with van der Waals surface area (Å²) in [5, 5.41) is 3.17. The summed E-state index contributed by atoms with van der Waals surface area (Å²) in [6.07, 6.45) is 2.08. The van der Waals surface area contributed by atoms with Crippen LogP contribution < -0.4 is 10.1 Å². The third-order valence-corrected chi connectivity index (χ3v) is 2.36. The van der Waals surface area contributed by atoms with Crippen LogP contribution in [0.25, 0.3) is 0 Å². The summed E-state index contributed by atoms with van der Waals surface area (Å²) >= 11 is 0. The second-order valence-corrected chi connectivity index (χ2v) is 3.63. The van der Waals surface area contributed by atoms with Gasteiger partial charge in [0.05, 0.1) is 6.61 Å². The highest BCUT2D eigenvalue weighted by molar-refractivity contribution is 5.21. The SMILES string of the molecule is CNC(C)CCCOc1ccc(F)cc1. The van der Waals surface area contributed by atoms with Gasteiger partial charge in [0.2, 0.25) is 0 Å². The van der Waals surface area contributed by atoms with Crippen molar-refractivity contribution in [1.82, 2.24) is 5.32 Å². The topological polar surface area (TPSA) is 21.3 Å². The van der Waals surface area contributed by atoms with Crippen LogP contribution in [0, 0.1) is 5.82 Å². The van der Waals surface area contributed by atoms with Gasteiger partial charge >= 0.3 is 0 Å². The van der Waals surface area contributed by atoms with E-state index in [1.54, 1.807) is 12.1 Å². The molecule has 0 saturated heterocycles. The zero-order valence-electron chi connectivity index (χ0n) is 9.29. The zero-order valence-corrected chi connectivity index (χ0v) is 9.29. The van der Waals surface area contributed by atoms with Crippen LogP contribution in [-0.4, -0.2) is 19.7 Å². The van der Waals surface area contributed by atoms with E-state index in [1.807, 2.05) is 7.05 Å². The molecule has 0 spiro atoms. The van der Waals surface area contributed by atoms with Crippen LogP contribution in [0.5, 0.6) is 5.75 Å². The van der Waals surface area contributed by atoms with Gasteiger partial charge in [0, 0.05) is 6.04 Å². The summed E-state index contributed by atoms with van der Waals surface area (Å²) in [4.78, 5) is 0. The van der Waals surface area contributed by atoms with Crippen molar-refractivity contribution in [3.05, 3.63) is 30.1 Å². The monoisotopic (exact) mass is 211 g/mol. The summed E-state index contributed by atoms with van der Waals surface area (Å²) in [6, 6.07) is 6.63. The van der Waals surface area contributed by atoms with Crippen LogP contribution in [0.4, 0.5) is 4.39 Å². The molecule has 0 aliphatic heterocycles. The van der Waals surface area contributed by atoms with Crippen molar-refractivity contribution in [3.8, 4) is 5.75 Å². The maximum Gasteiger partial charge on any atom is 0.123 e. The second-order valence-electron chi connectivity index (χ2n) is 3.63. The van der Waals surface area contributed by atoms with Crippen LogP contribution in [-0.2, 0) is 0 Å². The predicted octanol–water partition coefficient (Wildman–Crippen LogP) is 2.59. The molecule has 0 aliphatic carbocycles. The number of halogens is 1. The molecule has 0 aliphatic rings. The highest BCUT2D eigenvalue weighted by Gasteiger charge is 1.98. The Kier molecular flexibility index (Phi) is 5.12. The second kappa shape index (κ2) is 6.40. The van der Waals surface area contributed by atoms with E-state index in [4.69, 9.17) is 4.74 Å². The quantitative estimate of drug-likeness (QED) is 0.730. The first kappa shape index (κ1) is 12.0. The molecule has 0 saturated carbocycles. The lowest BCUT2D eigenvalue weighted by Crippen LogP contribution is -2.21. The molecule has 0 fully saturated rings. The van der Waals surface area contributed by atoms with Gasteiger partial charge in [0.15, 0.2) is 0 Å². The van der Waals surface area contributed by atoms with Crippen LogP contribution in [0.3, 0.4) is 0 Å². The highest BCUT2D eigenvalue weighted by atomic mass is 19.1. The molecule has 1 aromatic carbocycles. The molecule has 2 nitrogen and oxygen atoms in total. The van der Waals surface area contributed by atoms with E-state index in [-0.39, 0.29) is 5.82 Å². The van der Waals surface area contributed by atoms with Crippen molar-refractivity contribution in [2.45, 2.75) is 25.8 Å². The smallest absolute Gasteiger partial charge is 0.123 e. The Morgan fingerprint density at radius 3 is 2.60 bits per heavy atom. The number of benzene rings is 1. The molecule has 0 bridgehead atoms. The molecule has 1 N–H and O–H groups in total. The molecule has 1 unspecified atom stereocenters. The Hall–Kier alpha value is -1.09. The first-order chi connectivity index (χ1) is 7.22. The summed E-state index contributed by atoms with van der Waals surface area (Å²) in [5.41, 5.74) is 0. The van der Waals surface area contributed by atoms with E-state index < -0.39 is 0 Å². The fourth-order valence-electron chi connectivity index (χ4n) is 1.25. The molecule has 1 aromatic rings. The van der Waals surface area contributed by atoms with E-state index in [2.05, 4.69) is 12.2 Å². The lowest BCUT2D eigenvalue weighted by molar-refractivity contribution is 0.299. The fourth-order valence-corrected chi connectivity index (χ4v) is 1.25. The summed E-state index contributed by atoms with van der Waals surface area (Å²) in [7, 11) is 1.95. The highest BCUT2D eigenvalue weighted by Crippen LogP contribution is 2.11. The van der Waals surface area contributed by atoms with Crippen molar-refractivity contribution in [2.24, 2.45) is 0 Å². The molecule has 3 heteroatoms. The van der Waals surface area contributed by atoms with Crippen LogP contribution in [0.1, 0.15) is 19.8 Å². The van der Waals surface area contributed by atoms with Gasteiger partial charge in [0.1, 0.15) is 11.6 Å². The van der Waals surface area contributed by atoms with E-state index in [1.165, 1.54) is 12.1 Å². The van der Waals surface area contributed by atoms with Crippen LogP contribution in [0.15, 0.2) is 24.3 Å². The van der Waals surface area contributed by atoms with E-state index in [0.717, 1.165) is 18.6 Å². The van der Waals surface area contributed by atoms with E-state index in [9.17, 15) is 4.39 Å². The van der Waals surface area contributed by atoms with Crippen molar-refractivity contribution in [2.75, 3.05) is 13.7 Å². The van der Waals surface area contributed by atoms with Crippen molar-refractivity contribution < 1.29 is 9.13 Å². The van der Waals surface area contributed by atoms with E-state index in [0.29, 0.717) is 12.6 Å². The molecule has 0 aromatic heterocycles. The molecular formula is C12H18FNO. The molecule has 1 atom stereocenters. The number of nitrogens with one attached hydrogen (secondary N) is 1. The fraction of sp³-hybridized carbons (Fsp3) is 0.500. The summed E-state index contributed by atoms with van der Waals surface area (Å²) in [5.74, 6) is 0.500. The van der Waals surface area contributed by atoms with E-state index >= 15 is 0 Å². The minimum Gasteiger partial charge on any atom is -0.494 e. The molecule has 0 radical (unpaired) electrons. The maximum atomic E-state index is 12.6. The van der Waals surface area contributed by atoms with Crippen LogP contribution in [0.2, 0.25) is 0 Å². The molecule has 15 heavy (non-hydrogen) atoms. The maximum absolute atomic E-state index is 12.6. The van der Waals surface area contributed by atoms with Gasteiger partial charge in [-0.3, -0.25) is 0 Å². The third-order valence-electron chi connectivity index (χ3n) is 2.36. The lowest BCUT2D eigenvalue weighted by atomic mass is 10.2. The minimum atomic E-state index is -0.230. The Morgan fingerprint density at radius 2 is 2.00 bits per heavy atom. The molecule has 0 heterocycles. The van der Waals surface area contributed by atoms with Gasteiger partial charge in [-0.05, 0) is 51.1 Å². The Bertz CT molecular complexity index is 273. The van der Waals surface area contributed by atoms with Gasteiger partial charge in [-0.25, -0.2) is 4.39 Å². The van der Waals surface area contributed by atoms with Gasteiger partial charge in [0.25, 0.3) is 0 Å². The van der Waals surface area contributed by atoms with Crippen molar-refractivity contribution in [1.29, 1.82) is 0 Å². The average Bonchev–Trinajstić information content (AvgIpc) is 2.26. The number of hydrogen-bond acceptors (Lipinski definition) is 2. The average molecular weight is 211 g/mol. The number of hydrogen-bond donors (Lipinski definition) is 1. The molecule has 1 rings (SSSR count). The van der Waals surface area contributed by atoms with Crippen molar-refractivity contribution in [3.63, 3.8) is 0 Å². The summed E-state index contributed by atoms with van der Waals surface area (Å²) in [6.45, 7) is 2.82. The van der Waals surface area contributed by atoms with Gasteiger partial charge in [-0.1, -0.05) is 0 Å². The standard InChI is InChI=1S/C12H18FNO/c1-10(14-2)4-3-9-15-12-7-5-11(13)6-8-12/h5-8,10,14H,3-4,9H2,1-2H3. The van der Waals surface area contributed by atoms with Gasteiger partial charge in [-0.15, -0.1) is 0 Å². The molecule has 84 valence electrons. The largest absolute Gasteiger partial charge is 0.494 e. The summed E-state index contributed by atoms with van der Waals surface area (Å²) < 4.78 is 18.0. The molecular weight excluding hydrogens is 193 g/mol. The van der Waals surface area contributed by atoms with Gasteiger partial charge in [-0.2, -0.15) is 0 Å². The number of rotatable bonds is 6. The Labute approximate surface area is 90.4 Å². The molecule has 0 amide bonds. The Morgan fingerprint density at radius 1 is 1.33 bits per heavy atom.